The van der Waals surface area contributed by atoms with Crippen LogP contribution in [0.4, 0.5) is 11.4 Å². The van der Waals surface area contributed by atoms with Crippen LogP contribution in [0.25, 0.3) is 0 Å². The van der Waals surface area contributed by atoms with Gasteiger partial charge >= 0.3 is 0 Å². The molecule has 0 saturated heterocycles. The molecule has 0 fully saturated rings. The highest BCUT2D eigenvalue weighted by Gasteiger charge is 2.37. The number of carbonyl (C=O) groups is 1. The van der Waals surface area contributed by atoms with Crippen LogP contribution in [0.3, 0.4) is 0 Å². The Labute approximate surface area is 167 Å². The fourth-order valence-corrected chi connectivity index (χ4v) is 4.33. The van der Waals surface area contributed by atoms with E-state index in [9.17, 15) is 13.2 Å². The molecule has 0 saturated carbocycles. The number of nitrogens with one attached hydrogen (secondary N) is 2. The number of hydrogen-bond donors (Lipinski definition) is 2. The lowest BCUT2D eigenvalue weighted by atomic mass is 9.63. The lowest BCUT2D eigenvalue weighted by Gasteiger charge is -2.42. The van der Waals surface area contributed by atoms with E-state index in [2.05, 4.69) is 43.8 Å². The maximum absolute atomic E-state index is 12.8. The predicted octanol–water partition coefficient (Wildman–Crippen LogP) is 4.66. The third kappa shape index (κ3) is 4.38. The Morgan fingerprint density at radius 3 is 1.96 bits per heavy atom. The molecule has 1 amide bonds. The molecule has 0 aliphatic heterocycles. The lowest BCUT2D eigenvalue weighted by Crippen LogP contribution is -2.34. The minimum atomic E-state index is -3.32. The first-order valence-electron chi connectivity index (χ1n) is 9.42. The van der Waals surface area contributed by atoms with Gasteiger partial charge in [-0.05, 0) is 71.2 Å². The molecule has 2 N–H and O–H groups in total. The number of fused-ring (bicyclic) bond motifs is 1. The highest BCUT2D eigenvalue weighted by atomic mass is 32.2. The second kappa shape index (κ2) is 6.92. The van der Waals surface area contributed by atoms with E-state index in [-0.39, 0.29) is 16.7 Å². The normalized spacial score (nSPS) is 17.5. The Kier molecular flexibility index (Phi) is 5.04. The van der Waals surface area contributed by atoms with Crippen molar-refractivity contribution in [1.29, 1.82) is 0 Å². The molecule has 0 aromatic heterocycles. The number of rotatable bonds is 4. The van der Waals surface area contributed by atoms with Gasteiger partial charge in [0.2, 0.25) is 10.0 Å². The molecule has 3 rings (SSSR count). The number of benzene rings is 2. The second-order valence-corrected chi connectivity index (χ2v) is 10.7. The second-order valence-electron chi connectivity index (χ2n) is 8.93. The summed E-state index contributed by atoms with van der Waals surface area (Å²) in [6, 6.07) is 12.6. The van der Waals surface area contributed by atoms with Crippen molar-refractivity contribution in [1.82, 2.24) is 0 Å². The summed E-state index contributed by atoms with van der Waals surface area (Å²) >= 11 is 0. The molecule has 0 radical (unpaired) electrons. The zero-order valence-corrected chi connectivity index (χ0v) is 17.9. The number of amides is 1. The maximum atomic E-state index is 12.8. The van der Waals surface area contributed by atoms with E-state index >= 15 is 0 Å². The number of carbonyl (C=O) groups excluding carboxylic acids is 1. The van der Waals surface area contributed by atoms with Gasteiger partial charge in [-0.15, -0.1) is 0 Å². The van der Waals surface area contributed by atoms with Crippen LogP contribution < -0.4 is 10.0 Å². The molecule has 0 atom stereocenters. The summed E-state index contributed by atoms with van der Waals surface area (Å²) in [7, 11) is -3.32. The minimum Gasteiger partial charge on any atom is -0.322 e. The van der Waals surface area contributed by atoms with Crippen LogP contribution >= 0.6 is 0 Å². The summed E-state index contributed by atoms with van der Waals surface area (Å²) in [4.78, 5) is 12.8. The first-order chi connectivity index (χ1) is 12.9. The molecule has 0 spiro atoms. The third-order valence-electron chi connectivity index (χ3n) is 5.56. The van der Waals surface area contributed by atoms with Crippen molar-refractivity contribution in [2.24, 2.45) is 0 Å². The lowest BCUT2D eigenvalue weighted by molar-refractivity contribution is 0.102. The smallest absolute Gasteiger partial charge is 0.255 e. The molecule has 2 aromatic rings. The Bertz CT molecular complexity index is 1010. The highest BCUT2D eigenvalue weighted by molar-refractivity contribution is 7.92. The first kappa shape index (κ1) is 20.4. The van der Waals surface area contributed by atoms with Gasteiger partial charge in [-0.2, -0.15) is 0 Å². The van der Waals surface area contributed by atoms with Crippen LogP contribution in [0.15, 0.2) is 42.5 Å². The van der Waals surface area contributed by atoms with E-state index in [1.54, 1.807) is 24.3 Å². The Morgan fingerprint density at radius 2 is 1.39 bits per heavy atom. The van der Waals surface area contributed by atoms with Crippen molar-refractivity contribution < 1.29 is 13.2 Å². The topological polar surface area (TPSA) is 75.3 Å². The van der Waals surface area contributed by atoms with Gasteiger partial charge in [-0.3, -0.25) is 9.52 Å². The van der Waals surface area contributed by atoms with Crippen LogP contribution in [0.2, 0.25) is 0 Å². The SMILES string of the molecule is CC1(C)CCC(C)(C)c2cc(C(=O)Nc3ccc(NS(C)(=O)=O)cc3)ccc21. The van der Waals surface area contributed by atoms with E-state index in [1.807, 2.05) is 12.1 Å². The van der Waals surface area contributed by atoms with Crippen LogP contribution in [0.1, 0.15) is 62.0 Å². The van der Waals surface area contributed by atoms with Gasteiger partial charge in [0.15, 0.2) is 0 Å². The van der Waals surface area contributed by atoms with Crippen molar-refractivity contribution in [3.63, 3.8) is 0 Å². The molecule has 0 unspecified atom stereocenters. The maximum Gasteiger partial charge on any atom is 0.255 e. The van der Waals surface area contributed by atoms with Gasteiger partial charge in [-0.25, -0.2) is 8.42 Å². The van der Waals surface area contributed by atoms with E-state index in [4.69, 9.17) is 0 Å². The Hall–Kier alpha value is -2.34. The molecule has 6 heteroatoms. The summed E-state index contributed by atoms with van der Waals surface area (Å²) in [5, 5.41) is 2.89. The molecule has 5 nitrogen and oxygen atoms in total. The number of sulfonamides is 1. The van der Waals surface area contributed by atoms with E-state index in [0.717, 1.165) is 19.1 Å². The summed E-state index contributed by atoms with van der Waals surface area (Å²) in [6.45, 7) is 8.98. The standard InChI is InChI=1S/C22H28N2O3S/c1-21(2)12-13-22(3,4)19-14-15(6-11-18(19)21)20(25)23-16-7-9-17(10-8-16)24-28(5,26)27/h6-11,14,24H,12-13H2,1-5H3,(H,23,25). The largest absolute Gasteiger partial charge is 0.322 e. The van der Waals surface area contributed by atoms with E-state index in [1.165, 1.54) is 11.1 Å². The van der Waals surface area contributed by atoms with Crippen LogP contribution in [0, 0.1) is 0 Å². The van der Waals surface area contributed by atoms with Crippen molar-refractivity contribution in [3.8, 4) is 0 Å². The van der Waals surface area contributed by atoms with Gasteiger partial charge in [0.05, 0.1) is 6.26 Å². The predicted molar refractivity (Wildman–Crippen MR) is 115 cm³/mol. The number of hydrogen-bond acceptors (Lipinski definition) is 3. The quantitative estimate of drug-likeness (QED) is 0.784. The Morgan fingerprint density at radius 1 is 0.857 bits per heavy atom. The number of anilines is 2. The van der Waals surface area contributed by atoms with Crippen LogP contribution in [-0.4, -0.2) is 20.6 Å². The average Bonchev–Trinajstić information content (AvgIpc) is 2.59. The van der Waals surface area contributed by atoms with Crippen molar-refractivity contribution in [2.45, 2.75) is 51.4 Å². The van der Waals surface area contributed by atoms with Crippen LogP contribution in [-0.2, 0) is 20.9 Å². The fraction of sp³-hybridized carbons (Fsp3) is 0.409. The molecular formula is C22H28N2O3S. The molecule has 150 valence electrons. The van der Waals surface area contributed by atoms with E-state index < -0.39 is 10.0 Å². The van der Waals surface area contributed by atoms with E-state index in [0.29, 0.717) is 16.9 Å². The first-order valence-corrected chi connectivity index (χ1v) is 11.3. The fourth-order valence-electron chi connectivity index (χ4n) is 3.77. The van der Waals surface area contributed by atoms with Gasteiger partial charge in [0.1, 0.15) is 0 Å². The van der Waals surface area contributed by atoms with Crippen molar-refractivity contribution >= 4 is 27.3 Å². The zero-order chi connectivity index (χ0) is 20.7. The highest BCUT2D eigenvalue weighted by Crippen LogP contribution is 2.45. The zero-order valence-electron chi connectivity index (χ0n) is 17.1. The summed E-state index contributed by atoms with van der Waals surface area (Å²) in [5.41, 5.74) is 4.41. The molecule has 1 aliphatic rings. The molecule has 1 aliphatic carbocycles. The van der Waals surface area contributed by atoms with Crippen molar-refractivity contribution in [3.05, 3.63) is 59.2 Å². The van der Waals surface area contributed by atoms with Gasteiger partial charge < -0.3 is 5.32 Å². The monoisotopic (exact) mass is 400 g/mol. The molecule has 0 heterocycles. The molecule has 0 bridgehead atoms. The molecule has 2 aromatic carbocycles. The Balaban J connectivity index is 1.82. The summed E-state index contributed by atoms with van der Waals surface area (Å²) in [6.07, 6.45) is 3.32. The van der Waals surface area contributed by atoms with Gasteiger partial charge in [0, 0.05) is 16.9 Å². The third-order valence-corrected chi connectivity index (χ3v) is 6.17. The average molecular weight is 401 g/mol. The van der Waals surface area contributed by atoms with Crippen molar-refractivity contribution in [2.75, 3.05) is 16.3 Å². The summed E-state index contributed by atoms with van der Waals surface area (Å²) in [5.74, 6) is -0.175. The minimum absolute atomic E-state index is 0.0418. The summed E-state index contributed by atoms with van der Waals surface area (Å²) < 4.78 is 25.0. The molecule has 28 heavy (non-hydrogen) atoms. The van der Waals surface area contributed by atoms with Crippen LogP contribution in [0.5, 0.6) is 0 Å². The van der Waals surface area contributed by atoms with Gasteiger partial charge in [0.25, 0.3) is 5.91 Å². The van der Waals surface area contributed by atoms with Gasteiger partial charge in [-0.1, -0.05) is 33.8 Å². The molecular weight excluding hydrogens is 372 g/mol.